The molecular weight excluding hydrogens is 260 g/mol. The van der Waals surface area contributed by atoms with Crippen LogP contribution in [0.3, 0.4) is 0 Å². The Balaban J connectivity index is 2.01. The lowest BCUT2D eigenvalue weighted by Crippen LogP contribution is -2.23. The molecule has 0 aliphatic heterocycles. The second-order valence-electron chi connectivity index (χ2n) is 4.23. The van der Waals surface area contributed by atoms with Crippen molar-refractivity contribution in [1.82, 2.24) is 5.32 Å². The smallest absolute Gasteiger partial charge is 0.252 e. The molecule has 100 valence electrons. The van der Waals surface area contributed by atoms with E-state index in [9.17, 15) is 4.79 Å². The van der Waals surface area contributed by atoms with Gasteiger partial charge >= 0.3 is 0 Å². The van der Waals surface area contributed by atoms with E-state index in [1.165, 1.54) is 11.3 Å². The maximum absolute atomic E-state index is 11.9. The summed E-state index contributed by atoms with van der Waals surface area (Å²) in [5.74, 6) is 0.580. The van der Waals surface area contributed by atoms with Crippen molar-refractivity contribution in [3.8, 4) is 5.75 Å². The van der Waals surface area contributed by atoms with Gasteiger partial charge in [0.05, 0.1) is 18.4 Å². The quantitative estimate of drug-likeness (QED) is 0.844. The highest BCUT2D eigenvalue weighted by molar-refractivity contribution is 7.08. The Bertz CT molecular complexity index is 593. The van der Waals surface area contributed by atoms with E-state index >= 15 is 0 Å². The van der Waals surface area contributed by atoms with Gasteiger partial charge in [0.25, 0.3) is 5.91 Å². The molecule has 0 saturated carbocycles. The van der Waals surface area contributed by atoms with E-state index in [0.29, 0.717) is 18.0 Å². The lowest BCUT2D eigenvalue weighted by molar-refractivity contribution is 0.0951. The van der Waals surface area contributed by atoms with Crippen LogP contribution in [0.2, 0.25) is 0 Å². The molecule has 1 aromatic carbocycles. The van der Waals surface area contributed by atoms with Gasteiger partial charge in [-0.25, -0.2) is 0 Å². The molecule has 0 unspecified atom stereocenters. The van der Waals surface area contributed by atoms with E-state index in [4.69, 9.17) is 10.5 Å². The van der Waals surface area contributed by atoms with Gasteiger partial charge in [-0.3, -0.25) is 4.79 Å². The standard InChI is InChI=1S/C14H16N2O2S/c1-9-7-19-8-11(9)14(17)16-6-10-3-4-13(18-2)12(15)5-10/h3-5,7-8H,6,15H2,1-2H3,(H,16,17). The summed E-state index contributed by atoms with van der Waals surface area (Å²) in [4.78, 5) is 11.9. The minimum Gasteiger partial charge on any atom is -0.495 e. The van der Waals surface area contributed by atoms with Crippen molar-refractivity contribution in [3.63, 3.8) is 0 Å². The van der Waals surface area contributed by atoms with E-state index in [1.54, 1.807) is 19.2 Å². The van der Waals surface area contributed by atoms with Crippen LogP contribution in [-0.4, -0.2) is 13.0 Å². The molecule has 0 bridgehead atoms. The molecule has 19 heavy (non-hydrogen) atoms. The summed E-state index contributed by atoms with van der Waals surface area (Å²) in [5.41, 5.74) is 9.06. The zero-order chi connectivity index (χ0) is 13.8. The van der Waals surface area contributed by atoms with Crippen LogP contribution in [0.1, 0.15) is 21.5 Å². The number of hydrogen-bond acceptors (Lipinski definition) is 4. The number of nitrogen functional groups attached to an aromatic ring is 1. The molecule has 2 aromatic rings. The van der Waals surface area contributed by atoms with Gasteiger partial charge in [0.2, 0.25) is 0 Å². The maximum atomic E-state index is 11.9. The molecule has 1 aromatic heterocycles. The predicted octanol–water partition coefficient (Wildman–Crippen LogP) is 2.58. The third kappa shape index (κ3) is 3.06. The molecule has 4 nitrogen and oxygen atoms in total. The Morgan fingerprint density at radius 1 is 1.42 bits per heavy atom. The van der Waals surface area contributed by atoms with Gasteiger partial charge in [0.15, 0.2) is 0 Å². The molecular formula is C14H16N2O2S. The molecule has 0 aliphatic rings. The third-order valence-corrected chi connectivity index (χ3v) is 3.71. The number of benzene rings is 1. The van der Waals surface area contributed by atoms with E-state index < -0.39 is 0 Å². The summed E-state index contributed by atoms with van der Waals surface area (Å²) in [6, 6.07) is 5.49. The minimum absolute atomic E-state index is 0.0619. The molecule has 1 amide bonds. The Labute approximate surface area is 116 Å². The molecule has 5 heteroatoms. The van der Waals surface area contributed by atoms with Crippen molar-refractivity contribution in [1.29, 1.82) is 0 Å². The molecule has 3 N–H and O–H groups in total. The molecule has 0 fully saturated rings. The molecule has 0 aliphatic carbocycles. The topological polar surface area (TPSA) is 64.3 Å². The lowest BCUT2D eigenvalue weighted by atomic mass is 10.1. The molecule has 0 saturated heterocycles. The second-order valence-corrected chi connectivity index (χ2v) is 4.97. The lowest BCUT2D eigenvalue weighted by Gasteiger charge is -2.08. The van der Waals surface area contributed by atoms with E-state index in [-0.39, 0.29) is 5.91 Å². The summed E-state index contributed by atoms with van der Waals surface area (Å²) < 4.78 is 5.09. The number of carbonyl (C=O) groups is 1. The number of thiophene rings is 1. The van der Waals surface area contributed by atoms with Crippen molar-refractivity contribution in [2.75, 3.05) is 12.8 Å². The Kier molecular flexibility index (Phi) is 4.06. The zero-order valence-corrected chi connectivity index (χ0v) is 11.7. The summed E-state index contributed by atoms with van der Waals surface area (Å²) in [6.07, 6.45) is 0. The second kappa shape index (κ2) is 5.75. The average Bonchev–Trinajstić information content (AvgIpc) is 2.82. The van der Waals surface area contributed by atoms with Crippen LogP contribution in [0.25, 0.3) is 0 Å². The van der Waals surface area contributed by atoms with Gasteiger partial charge in [-0.2, -0.15) is 11.3 Å². The largest absolute Gasteiger partial charge is 0.495 e. The van der Waals surface area contributed by atoms with Crippen molar-refractivity contribution in [3.05, 3.63) is 45.6 Å². The number of ether oxygens (including phenoxy) is 1. The van der Waals surface area contributed by atoms with Crippen LogP contribution >= 0.6 is 11.3 Å². The normalized spacial score (nSPS) is 10.2. The Morgan fingerprint density at radius 3 is 2.79 bits per heavy atom. The van der Waals surface area contributed by atoms with Crippen molar-refractivity contribution in [2.24, 2.45) is 0 Å². The number of rotatable bonds is 4. The fourth-order valence-corrected chi connectivity index (χ4v) is 2.59. The Hall–Kier alpha value is -2.01. The number of amides is 1. The number of hydrogen-bond donors (Lipinski definition) is 2. The average molecular weight is 276 g/mol. The summed E-state index contributed by atoms with van der Waals surface area (Å²) in [7, 11) is 1.58. The van der Waals surface area contributed by atoms with E-state index in [1.807, 2.05) is 23.8 Å². The first-order chi connectivity index (χ1) is 9.11. The summed E-state index contributed by atoms with van der Waals surface area (Å²) >= 11 is 1.53. The number of carbonyl (C=O) groups excluding carboxylic acids is 1. The first-order valence-corrected chi connectivity index (χ1v) is 6.79. The summed E-state index contributed by atoms with van der Waals surface area (Å²) in [5, 5.41) is 6.69. The highest BCUT2D eigenvalue weighted by Gasteiger charge is 2.09. The van der Waals surface area contributed by atoms with E-state index in [0.717, 1.165) is 16.7 Å². The number of methoxy groups -OCH3 is 1. The van der Waals surface area contributed by atoms with E-state index in [2.05, 4.69) is 5.32 Å². The van der Waals surface area contributed by atoms with Gasteiger partial charge in [-0.1, -0.05) is 6.07 Å². The molecule has 2 rings (SSSR count). The van der Waals surface area contributed by atoms with Gasteiger partial charge in [0, 0.05) is 11.9 Å². The number of anilines is 1. The van der Waals surface area contributed by atoms with Gasteiger partial charge in [-0.05, 0) is 35.6 Å². The summed E-state index contributed by atoms with van der Waals surface area (Å²) in [6.45, 7) is 2.37. The van der Waals surface area contributed by atoms with Crippen molar-refractivity contribution < 1.29 is 9.53 Å². The fraction of sp³-hybridized carbons (Fsp3) is 0.214. The minimum atomic E-state index is -0.0619. The monoisotopic (exact) mass is 276 g/mol. The van der Waals surface area contributed by atoms with Crippen LogP contribution in [0.15, 0.2) is 29.0 Å². The molecule has 1 heterocycles. The van der Waals surface area contributed by atoms with Crippen LogP contribution in [0, 0.1) is 6.92 Å². The van der Waals surface area contributed by atoms with Gasteiger partial charge in [-0.15, -0.1) is 0 Å². The zero-order valence-electron chi connectivity index (χ0n) is 10.9. The Morgan fingerprint density at radius 2 is 2.21 bits per heavy atom. The number of aryl methyl sites for hydroxylation is 1. The van der Waals surface area contributed by atoms with Crippen molar-refractivity contribution in [2.45, 2.75) is 13.5 Å². The molecule has 0 radical (unpaired) electrons. The number of nitrogens with two attached hydrogens (primary N) is 1. The SMILES string of the molecule is COc1ccc(CNC(=O)c2cscc2C)cc1N. The first kappa shape index (κ1) is 13.4. The van der Waals surface area contributed by atoms with Crippen LogP contribution in [0.4, 0.5) is 5.69 Å². The molecule has 0 atom stereocenters. The third-order valence-electron chi connectivity index (χ3n) is 2.85. The van der Waals surface area contributed by atoms with Crippen LogP contribution < -0.4 is 15.8 Å². The van der Waals surface area contributed by atoms with Crippen LogP contribution in [-0.2, 0) is 6.54 Å². The predicted molar refractivity (Wildman–Crippen MR) is 77.6 cm³/mol. The van der Waals surface area contributed by atoms with Gasteiger partial charge < -0.3 is 15.8 Å². The highest BCUT2D eigenvalue weighted by Crippen LogP contribution is 2.22. The van der Waals surface area contributed by atoms with Crippen LogP contribution in [0.5, 0.6) is 5.75 Å². The van der Waals surface area contributed by atoms with Gasteiger partial charge in [0.1, 0.15) is 5.75 Å². The highest BCUT2D eigenvalue weighted by atomic mass is 32.1. The number of nitrogens with one attached hydrogen (secondary N) is 1. The molecule has 0 spiro atoms. The maximum Gasteiger partial charge on any atom is 0.252 e. The first-order valence-electron chi connectivity index (χ1n) is 5.85. The fourth-order valence-electron chi connectivity index (χ4n) is 1.76. The van der Waals surface area contributed by atoms with Crippen molar-refractivity contribution >= 4 is 22.9 Å².